The molecular formula is C18H38O2. The lowest BCUT2D eigenvalue weighted by atomic mass is 10.0. The normalized spacial score (nSPS) is 11.4. The van der Waals surface area contributed by atoms with Crippen LogP contribution in [0.5, 0.6) is 0 Å². The van der Waals surface area contributed by atoms with E-state index in [2.05, 4.69) is 13.8 Å². The molecule has 0 bridgehead atoms. The number of methoxy groups -OCH3 is 1. The summed E-state index contributed by atoms with van der Waals surface area (Å²) in [4.78, 5) is 0. The standard InChI is InChI=1S/C18H38O2/c1-4-6-8-10-12-14-18(20-17-16-19-3)15-13-11-9-7-5-2/h18H,4-17H2,1-3H3. The first kappa shape index (κ1) is 19.9. The average molecular weight is 286 g/mol. The van der Waals surface area contributed by atoms with Gasteiger partial charge in [0.05, 0.1) is 19.3 Å². The Labute approximate surface area is 127 Å². The van der Waals surface area contributed by atoms with Crippen molar-refractivity contribution in [1.82, 2.24) is 0 Å². The zero-order valence-corrected chi connectivity index (χ0v) is 14.3. The summed E-state index contributed by atoms with van der Waals surface area (Å²) in [6.45, 7) is 6.02. The van der Waals surface area contributed by atoms with E-state index in [1.165, 1.54) is 77.0 Å². The Bertz CT molecular complexity index is 157. The molecule has 0 aromatic rings. The van der Waals surface area contributed by atoms with Gasteiger partial charge >= 0.3 is 0 Å². The summed E-state index contributed by atoms with van der Waals surface area (Å²) >= 11 is 0. The molecule has 0 aromatic heterocycles. The minimum Gasteiger partial charge on any atom is -0.382 e. The Balaban J connectivity index is 3.64. The Hall–Kier alpha value is -0.0800. The highest BCUT2D eigenvalue weighted by Crippen LogP contribution is 2.16. The molecule has 0 N–H and O–H groups in total. The molecule has 2 nitrogen and oxygen atoms in total. The van der Waals surface area contributed by atoms with Crippen LogP contribution in [0.15, 0.2) is 0 Å². The van der Waals surface area contributed by atoms with E-state index in [4.69, 9.17) is 9.47 Å². The molecule has 0 fully saturated rings. The largest absolute Gasteiger partial charge is 0.382 e. The van der Waals surface area contributed by atoms with E-state index in [0.717, 1.165) is 13.2 Å². The first-order chi connectivity index (χ1) is 9.85. The van der Waals surface area contributed by atoms with Crippen LogP contribution in [0.1, 0.15) is 90.9 Å². The maximum absolute atomic E-state index is 5.97. The van der Waals surface area contributed by atoms with Gasteiger partial charge < -0.3 is 9.47 Å². The van der Waals surface area contributed by atoms with Gasteiger partial charge in [0.2, 0.25) is 0 Å². The predicted molar refractivity (Wildman–Crippen MR) is 88.4 cm³/mol. The zero-order chi connectivity index (χ0) is 14.9. The monoisotopic (exact) mass is 286 g/mol. The van der Waals surface area contributed by atoms with E-state index in [1.54, 1.807) is 7.11 Å². The SMILES string of the molecule is CCCCCCCC(CCCCCCC)OCCOC. The minimum absolute atomic E-state index is 0.466. The molecule has 0 spiro atoms. The minimum atomic E-state index is 0.466. The van der Waals surface area contributed by atoms with Crippen molar-refractivity contribution in [2.45, 2.75) is 97.0 Å². The summed E-state index contributed by atoms with van der Waals surface area (Å²) in [7, 11) is 1.74. The first-order valence-electron chi connectivity index (χ1n) is 8.95. The predicted octanol–water partition coefficient (Wildman–Crippen LogP) is 5.74. The quantitative estimate of drug-likeness (QED) is 0.337. The smallest absolute Gasteiger partial charge is 0.0704 e. The van der Waals surface area contributed by atoms with Crippen molar-refractivity contribution in [3.8, 4) is 0 Å². The lowest BCUT2D eigenvalue weighted by Gasteiger charge is -2.18. The lowest BCUT2D eigenvalue weighted by molar-refractivity contribution is 0.00682. The molecule has 0 saturated heterocycles. The molecule has 0 unspecified atom stereocenters. The lowest BCUT2D eigenvalue weighted by Crippen LogP contribution is -2.16. The summed E-state index contributed by atoms with van der Waals surface area (Å²) in [5.41, 5.74) is 0. The Kier molecular flexibility index (Phi) is 16.9. The van der Waals surface area contributed by atoms with Crippen molar-refractivity contribution in [1.29, 1.82) is 0 Å². The average Bonchev–Trinajstić information content (AvgIpc) is 2.46. The van der Waals surface area contributed by atoms with Gasteiger partial charge in [-0.3, -0.25) is 0 Å². The molecule has 0 atom stereocenters. The van der Waals surface area contributed by atoms with E-state index in [9.17, 15) is 0 Å². The molecule has 0 saturated carbocycles. The van der Waals surface area contributed by atoms with Crippen molar-refractivity contribution in [3.05, 3.63) is 0 Å². The Morgan fingerprint density at radius 2 is 1.15 bits per heavy atom. The van der Waals surface area contributed by atoms with Gasteiger partial charge in [0.1, 0.15) is 0 Å². The molecule has 0 radical (unpaired) electrons. The van der Waals surface area contributed by atoms with Gasteiger partial charge in [-0.1, -0.05) is 78.1 Å². The summed E-state index contributed by atoms with van der Waals surface area (Å²) in [6.07, 6.45) is 16.5. The molecule has 0 aliphatic rings. The van der Waals surface area contributed by atoms with Gasteiger partial charge in [0, 0.05) is 7.11 Å². The Morgan fingerprint density at radius 3 is 1.60 bits per heavy atom. The van der Waals surface area contributed by atoms with Crippen LogP contribution in [-0.4, -0.2) is 26.4 Å². The van der Waals surface area contributed by atoms with Crippen LogP contribution in [0.4, 0.5) is 0 Å². The second kappa shape index (κ2) is 17.0. The van der Waals surface area contributed by atoms with Crippen molar-refractivity contribution < 1.29 is 9.47 Å². The summed E-state index contributed by atoms with van der Waals surface area (Å²) in [5.74, 6) is 0. The molecule has 0 aliphatic heterocycles. The molecule has 2 heteroatoms. The van der Waals surface area contributed by atoms with Crippen LogP contribution >= 0.6 is 0 Å². The van der Waals surface area contributed by atoms with Gasteiger partial charge in [-0.05, 0) is 12.8 Å². The molecule has 0 heterocycles. The van der Waals surface area contributed by atoms with E-state index < -0.39 is 0 Å². The second-order valence-corrected chi connectivity index (χ2v) is 5.89. The van der Waals surface area contributed by atoms with Crippen molar-refractivity contribution in [2.75, 3.05) is 20.3 Å². The third kappa shape index (κ3) is 14.3. The van der Waals surface area contributed by atoms with E-state index in [1.807, 2.05) is 0 Å². The van der Waals surface area contributed by atoms with Gasteiger partial charge in [-0.2, -0.15) is 0 Å². The van der Waals surface area contributed by atoms with Gasteiger partial charge in [-0.25, -0.2) is 0 Å². The topological polar surface area (TPSA) is 18.5 Å². The molecule has 0 rings (SSSR count). The van der Waals surface area contributed by atoms with Gasteiger partial charge in [-0.15, -0.1) is 0 Å². The van der Waals surface area contributed by atoms with Crippen LogP contribution < -0.4 is 0 Å². The molecule has 0 amide bonds. The fourth-order valence-electron chi connectivity index (χ4n) is 2.56. The van der Waals surface area contributed by atoms with Gasteiger partial charge in [0.15, 0.2) is 0 Å². The third-order valence-corrected chi connectivity index (χ3v) is 3.90. The number of rotatable bonds is 16. The number of unbranched alkanes of at least 4 members (excludes halogenated alkanes) is 8. The molecule has 0 aromatic carbocycles. The highest BCUT2D eigenvalue weighted by Gasteiger charge is 2.08. The second-order valence-electron chi connectivity index (χ2n) is 5.89. The highest BCUT2D eigenvalue weighted by atomic mass is 16.5. The number of hydrogen-bond donors (Lipinski definition) is 0. The van der Waals surface area contributed by atoms with Crippen LogP contribution in [0.3, 0.4) is 0 Å². The number of ether oxygens (including phenoxy) is 2. The van der Waals surface area contributed by atoms with E-state index >= 15 is 0 Å². The summed E-state index contributed by atoms with van der Waals surface area (Å²) in [6, 6.07) is 0. The number of hydrogen-bond acceptors (Lipinski definition) is 2. The van der Waals surface area contributed by atoms with E-state index in [0.29, 0.717) is 6.10 Å². The van der Waals surface area contributed by atoms with Gasteiger partial charge in [0.25, 0.3) is 0 Å². The van der Waals surface area contributed by atoms with Crippen LogP contribution in [-0.2, 0) is 9.47 Å². The van der Waals surface area contributed by atoms with Crippen LogP contribution in [0.25, 0.3) is 0 Å². The summed E-state index contributed by atoms with van der Waals surface area (Å²) < 4.78 is 11.1. The zero-order valence-electron chi connectivity index (χ0n) is 14.3. The fourth-order valence-corrected chi connectivity index (χ4v) is 2.56. The highest BCUT2D eigenvalue weighted by molar-refractivity contribution is 4.60. The maximum Gasteiger partial charge on any atom is 0.0704 e. The third-order valence-electron chi connectivity index (χ3n) is 3.90. The molecule has 20 heavy (non-hydrogen) atoms. The first-order valence-corrected chi connectivity index (χ1v) is 8.95. The Morgan fingerprint density at radius 1 is 0.650 bits per heavy atom. The van der Waals surface area contributed by atoms with Crippen molar-refractivity contribution in [2.24, 2.45) is 0 Å². The van der Waals surface area contributed by atoms with E-state index in [-0.39, 0.29) is 0 Å². The molecular weight excluding hydrogens is 248 g/mol. The molecule has 122 valence electrons. The fraction of sp³-hybridized carbons (Fsp3) is 1.00. The van der Waals surface area contributed by atoms with Crippen molar-refractivity contribution in [3.63, 3.8) is 0 Å². The van der Waals surface area contributed by atoms with Crippen LogP contribution in [0.2, 0.25) is 0 Å². The van der Waals surface area contributed by atoms with Crippen molar-refractivity contribution >= 4 is 0 Å². The maximum atomic E-state index is 5.97. The summed E-state index contributed by atoms with van der Waals surface area (Å²) in [5, 5.41) is 0. The van der Waals surface area contributed by atoms with Crippen LogP contribution in [0, 0.1) is 0 Å². The molecule has 0 aliphatic carbocycles.